The molecule has 202 valence electrons. The van der Waals surface area contributed by atoms with Crippen LogP contribution in [0.1, 0.15) is 30.1 Å². The average molecular weight is 644 g/mol. The molecular formula is C34H34ClN2PPd. The molecule has 0 fully saturated rings. The maximum absolute atomic E-state index is 5.59. The van der Waals surface area contributed by atoms with E-state index in [-0.39, 0.29) is 12.1 Å². The fourth-order valence-electron chi connectivity index (χ4n) is 4.10. The summed E-state index contributed by atoms with van der Waals surface area (Å²) in [6.07, 6.45) is 1.04. The molecule has 0 bridgehead atoms. The predicted octanol–water partition coefficient (Wildman–Crippen LogP) is 8.17. The predicted molar refractivity (Wildman–Crippen MR) is 167 cm³/mol. The molecule has 0 heterocycles. The molecule has 2 atom stereocenters. The van der Waals surface area contributed by atoms with Gasteiger partial charge in [-0.3, -0.25) is 0 Å². The van der Waals surface area contributed by atoms with Crippen LogP contribution in [0.5, 0.6) is 0 Å². The maximum atomic E-state index is 5.59. The van der Waals surface area contributed by atoms with E-state index in [4.69, 9.17) is 5.73 Å². The molecule has 2 nitrogen and oxygen atoms in total. The Hall–Kier alpha value is -2.76. The Morgan fingerprint density at radius 1 is 0.692 bits per heavy atom. The molecular weight excluding hydrogens is 609 g/mol. The van der Waals surface area contributed by atoms with Gasteiger partial charge in [-0.05, 0) is 42.3 Å². The van der Waals surface area contributed by atoms with Crippen LogP contribution in [-0.4, -0.2) is 6.16 Å². The second kappa shape index (κ2) is 17.8. The van der Waals surface area contributed by atoms with Gasteiger partial charge in [0.1, 0.15) is 0 Å². The first-order valence-corrected chi connectivity index (χ1v) is 16.3. The van der Waals surface area contributed by atoms with Gasteiger partial charge in [0.2, 0.25) is 0 Å². The van der Waals surface area contributed by atoms with E-state index in [2.05, 4.69) is 160 Å². The molecule has 0 radical (unpaired) electrons. The molecule has 0 amide bonds. The van der Waals surface area contributed by atoms with E-state index in [1.807, 2.05) is 31.2 Å². The number of rotatable bonds is 8. The van der Waals surface area contributed by atoms with Crippen molar-refractivity contribution in [1.82, 2.24) is 0 Å². The zero-order valence-corrected chi connectivity index (χ0v) is 25.1. The van der Waals surface area contributed by atoms with Crippen LogP contribution in [0.2, 0.25) is 0 Å². The molecule has 0 saturated heterocycles. The number of halogens is 1. The van der Waals surface area contributed by atoms with E-state index in [0.29, 0.717) is 0 Å². The standard InChI is InChI=1S/C26H24NP.C8H10N.ClH.Pd/c1-5-13-22(14-6-1)26(27-23-15-7-2-8-16-23)21-28(24-17-9-3-10-18-24)25-19-11-4-12-20-25;1-7(9)8-5-3-2-4-6-8;;/h1-20,26-27H,21H2;2-3,5-7H,9H2,1H3;1H;/q;-1;;+2/p-1/t26-;7-;;/m00../s1. The number of nitrogens with two attached hydrogens (primary N) is 1. The van der Waals surface area contributed by atoms with Crippen molar-refractivity contribution in [2.75, 3.05) is 11.5 Å². The number of hydrogen-bond donors (Lipinski definition) is 2. The van der Waals surface area contributed by atoms with Gasteiger partial charge in [-0.25, -0.2) is 0 Å². The van der Waals surface area contributed by atoms with Crippen molar-refractivity contribution in [3.63, 3.8) is 0 Å². The van der Waals surface area contributed by atoms with Crippen molar-refractivity contribution in [3.05, 3.63) is 163 Å². The van der Waals surface area contributed by atoms with Gasteiger partial charge in [-0.15, -0.1) is 5.56 Å². The molecule has 0 spiro atoms. The molecule has 0 unspecified atom stereocenters. The van der Waals surface area contributed by atoms with E-state index in [1.165, 1.54) is 16.2 Å². The van der Waals surface area contributed by atoms with Gasteiger partial charge in [-0.2, -0.15) is 30.3 Å². The van der Waals surface area contributed by atoms with Crippen LogP contribution >= 0.6 is 17.5 Å². The second-order valence-electron chi connectivity index (χ2n) is 8.88. The summed E-state index contributed by atoms with van der Waals surface area (Å²) in [4.78, 5) is 0. The molecule has 5 aromatic rings. The van der Waals surface area contributed by atoms with Crippen LogP contribution in [-0.2, 0) is 18.2 Å². The maximum Gasteiger partial charge on any atom is 0.0559 e. The zero-order chi connectivity index (χ0) is 27.7. The fraction of sp³-hybridized carbons (Fsp3) is 0.118. The summed E-state index contributed by atoms with van der Waals surface area (Å²) in [6.45, 7) is 1.96. The Balaban J connectivity index is 0.000000322. The third-order valence-corrected chi connectivity index (χ3v) is 8.65. The summed E-state index contributed by atoms with van der Waals surface area (Å²) in [5, 5.41) is 6.61. The summed E-state index contributed by atoms with van der Waals surface area (Å²) in [7, 11) is 4.02. The minimum Gasteiger partial charge on any atom is -0.378 e. The van der Waals surface area contributed by atoms with Crippen molar-refractivity contribution in [3.8, 4) is 0 Å². The molecule has 0 saturated carbocycles. The summed E-state index contributed by atoms with van der Waals surface area (Å²) >= 11 is 2.22. The fourth-order valence-corrected chi connectivity index (χ4v) is 6.56. The van der Waals surface area contributed by atoms with E-state index in [9.17, 15) is 0 Å². The normalized spacial score (nSPS) is 11.7. The van der Waals surface area contributed by atoms with Gasteiger partial charge in [0.25, 0.3) is 0 Å². The third-order valence-electron chi connectivity index (χ3n) is 6.07. The van der Waals surface area contributed by atoms with Crippen molar-refractivity contribution in [1.29, 1.82) is 0 Å². The quantitative estimate of drug-likeness (QED) is 0.102. The summed E-state index contributed by atoms with van der Waals surface area (Å²) in [5.74, 6) is 0. The van der Waals surface area contributed by atoms with Crippen molar-refractivity contribution >= 4 is 33.7 Å². The van der Waals surface area contributed by atoms with E-state index >= 15 is 0 Å². The molecule has 5 rings (SSSR count). The Morgan fingerprint density at radius 2 is 1.15 bits per heavy atom. The minimum atomic E-state index is -0.473. The average Bonchev–Trinajstić information content (AvgIpc) is 3.03. The van der Waals surface area contributed by atoms with Crippen LogP contribution in [0.4, 0.5) is 5.69 Å². The number of para-hydroxylation sites is 1. The van der Waals surface area contributed by atoms with E-state index in [1.54, 1.807) is 0 Å². The Kier molecular flexibility index (Phi) is 14.0. The number of nitrogens with one attached hydrogen (secondary N) is 1. The van der Waals surface area contributed by atoms with Gasteiger partial charge in [0.05, 0.1) is 6.04 Å². The molecule has 0 aliphatic carbocycles. The monoisotopic (exact) mass is 642 g/mol. The van der Waals surface area contributed by atoms with Crippen molar-refractivity contribution in [2.24, 2.45) is 5.73 Å². The van der Waals surface area contributed by atoms with Gasteiger partial charge >= 0.3 is 27.7 Å². The van der Waals surface area contributed by atoms with Gasteiger partial charge in [0.15, 0.2) is 0 Å². The Labute approximate surface area is 249 Å². The molecule has 3 N–H and O–H groups in total. The zero-order valence-electron chi connectivity index (χ0n) is 21.9. The topological polar surface area (TPSA) is 38.0 Å². The molecule has 5 aromatic carbocycles. The minimum absolute atomic E-state index is 0.127. The summed E-state index contributed by atoms with van der Waals surface area (Å²) in [6, 6.07) is 54.2. The molecule has 0 aliphatic heterocycles. The molecule has 39 heavy (non-hydrogen) atoms. The molecule has 5 heteroatoms. The summed E-state index contributed by atoms with van der Waals surface area (Å²) in [5.41, 5.74) is 9.21. The first-order chi connectivity index (χ1) is 19.2. The van der Waals surface area contributed by atoms with Gasteiger partial charge in [0, 0.05) is 11.8 Å². The van der Waals surface area contributed by atoms with Crippen LogP contribution in [0, 0.1) is 6.07 Å². The smallest absolute Gasteiger partial charge is 0.0559 e. The van der Waals surface area contributed by atoms with Crippen LogP contribution in [0.25, 0.3) is 0 Å². The first-order valence-electron chi connectivity index (χ1n) is 12.8. The third kappa shape index (κ3) is 10.4. The molecule has 0 aliphatic rings. The largest absolute Gasteiger partial charge is 0.378 e. The van der Waals surface area contributed by atoms with Crippen LogP contribution in [0.3, 0.4) is 0 Å². The number of hydrogen-bond acceptors (Lipinski definition) is 2. The second-order valence-corrected chi connectivity index (χ2v) is 11.1. The van der Waals surface area contributed by atoms with Gasteiger partial charge in [-0.1, -0.05) is 116 Å². The Morgan fingerprint density at radius 3 is 1.59 bits per heavy atom. The summed E-state index contributed by atoms with van der Waals surface area (Å²) < 4.78 is 0. The van der Waals surface area contributed by atoms with Gasteiger partial charge < -0.3 is 11.1 Å². The van der Waals surface area contributed by atoms with E-state index in [0.717, 1.165) is 17.4 Å². The Bertz CT molecular complexity index is 1250. The number of benzene rings is 5. The molecule has 0 aromatic heterocycles. The van der Waals surface area contributed by atoms with Crippen LogP contribution in [0.15, 0.2) is 146 Å². The number of anilines is 1. The first kappa shape index (κ1) is 30.8. The van der Waals surface area contributed by atoms with Crippen LogP contribution < -0.4 is 21.7 Å². The van der Waals surface area contributed by atoms with E-state index < -0.39 is 7.92 Å². The van der Waals surface area contributed by atoms with Crippen molar-refractivity contribution < 1.29 is 18.2 Å². The van der Waals surface area contributed by atoms with Crippen molar-refractivity contribution in [2.45, 2.75) is 19.0 Å². The SMILES string of the molecule is C[C@H](N)c1c[c-]ccc1.[Cl][Pd+].c1ccc(N[C@@H](CP(c2ccccc2)c2ccccc2)c2ccccc2)cc1.